The number of thioether (sulfide) groups is 1. The number of aromatic nitrogens is 3. The normalized spacial score (nSPS) is 10.5. The van der Waals surface area contributed by atoms with Gasteiger partial charge in [0.05, 0.1) is 30.7 Å². The highest BCUT2D eigenvalue weighted by molar-refractivity contribution is 7.99. The summed E-state index contributed by atoms with van der Waals surface area (Å²) >= 11 is 1.23. The highest BCUT2D eigenvalue weighted by atomic mass is 32.2. The van der Waals surface area contributed by atoms with Crippen LogP contribution in [0.3, 0.4) is 0 Å². The molecule has 3 aromatic rings. The van der Waals surface area contributed by atoms with Crippen molar-refractivity contribution >= 4 is 29.3 Å². The van der Waals surface area contributed by atoms with Crippen LogP contribution in [0.15, 0.2) is 53.7 Å². The molecule has 9 nitrogen and oxygen atoms in total. The molecule has 1 heterocycles. The molecule has 0 unspecified atom stereocenters. The van der Waals surface area contributed by atoms with Crippen LogP contribution in [0.4, 0.5) is 5.69 Å². The fourth-order valence-electron chi connectivity index (χ4n) is 2.73. The molecule has 0 aliphatic carbocycles. The van der Waals surface area contributed by atoms with Gasteiger partial charge >= 0.3 is 5.97 Å². The van der Waals surface area contributed by atoms with Gasteiger partial charge in [0.1, 0.15) is 18.1 Å². The molecule has 0 spiro atoms. The molecule has 0 radical (unpaired) electrons. The number of ether oxygens (including phenoxy) is 3. The summed E-state index contributed by atoms with van der Waals surface area (Å²) in [6.45, 7) is 2.20. The quantitative estimate of drug-likeness (QED) is 0.366. The van der Waals surface area contributed by atoms with Gasteiger partial charge < -0.3 is 24.1 Å². The number of methoxy groups -OCH3 is 1. The predicted molar refractivity (Wildman–Crippen MR) is 120 cm³/mol. The molecule has 0 saturated carbocycles. The van der Waals surface area contributed by atoms with E-state index in [0.29, 0.717) is 33.7 Å². The Hall–Kier alpha value is -3.53. The number of carbonyl (C=O) groups excluding carboxylic acids is 2. The summed E-state index contributed by atoms with van der Waals surface area (Å²) in [6.07, 6.45) is 0. The molecule has 0 saturated heterocycles. The summed E-state index contributed by atoms with van der Waals surface area (Å²) in [7, 11) is 3.40. The van der Waals surface area contributed by atoms with Crippen molar-refractivity contribution < 1.29 is 23.8 Å². The third-order valence-electron chi connectivity index (χ3n) is 4.36. The number of amides is 1. The molecule has 1 aromatic heterocycles. The SMILES string of the molecule is CCOC(=O)c1ccccc1NC(=O)CSc1nnc(COc2cccc(OC)c2)n1C. The number of para-hydroxylation sites is 1. The van der Waals surface area contributed by atoms with Crippen LogP contribution in [0, 0.1) is 0 Å². The minimum Gasteiger partial charge on any atom is -0.497 e. The van der Waals surface area contributed by atoms with Gasteiger partial charge in [-0.15, -0.1) is 10.2 Å². The molecule has 2 aromatic carbocycles. The summed E-state index contributed by atoms with van der Waals surface area (Å²) < 4.78 is 17.7. The lowest BCUT2D eigenvalue weighted by Crippen LogP contribution is -2.17. The number of esters is 1. The summed E-state index contributed by atoms with van der Waals surface area (Å²) in [5, 5.41) is 11.6. The Labute approximate surface area is 190 Å². The van der Waals surface area contributed by atoms with Gasteiger partial charge in [0.2, 0.25) is 5.91 Å². The fourth-order valence-corrected chi connectivity index (χ4v) is 3.46. The van der Waals surface area contributed by atoms with Crippen LogP contribution in [0.1, 0.15) is 23.1 Å². The van der Waals surface area contributed by atoms with E-state index in [-0.39, 0.29) is 24.9 Å². The van der Waals surface area contributed by atoms with Crippen molar-refractivity contribution in [1.82, 2.24) is 14.8 Å². The zero-order valence-corrected chi connectivity index (χ0v) is 18.8. The Kier molecular flexibility index (Phi) is 8.09. The lowest BCUT2D eigenvalue weighted by Gasteiger charge is -2.10. The summed E-state index contributed by atoms with van der Waals surface area (Å²) in [6, 6.07) is 14.0. The third-order valence-corrected chi connectivity index (χ3v) is 5.38. The topological polar surface area (TPSA) is 105 Å². The first-order chi connectivity index (χ1) is 15.5. The van der Waals surface area contributed by atoms with Gasteiger partial charge in [0.15, 0.2) is 11.0 Å². The summed E-state index contributed by atoms with van der Waals surface area (Å²) in [5.41, 5.74) is 0.713. The highest BCUT2D eigenvalue weighted by Crippen LogP contribution is 2.22. The lowest BCUT2D eigenvalue weighted by molar-refractivity contribution is -0.113. The van der Waals surface area contributed by atoms with E-state index in [1.807, 2.05) is 18.2 Å². The van der Waals surface area contributed by atoms with Crippen LogP contribution >= 0.6 is 11.8 Å². The van der Waals surface area contributed by atoms with Crippen LogP contribution in [-0.4, -0.2) is 46.1 Å². The van der Waals surface area contributed by atoms with Crippen LogP contribution in [0.2, 0.25) is 0 Å². The van der Waals surface area contributed by atoms with Crippen molar-refractivity contribution in [2.75, 3.05) is 24.8 Å². The van der Waals surface area contributed by atoms with Gasteiger partial charge in [0.25, 0.3) is 0 Å². The average molecular weight is 457 g/mol. The first-order valence-electron chi connectivity index (χ1n) is 9.85. The van der Waals surface area contributed by atoms with Gasteiger partial charge in [-0.05, 0) is 31.2 Å². The Bertz CT molecular complexity index is 1090. The molecular weight excluding hydrogens is 432 g/mol. The van der Waals surface area contributed by atoms with Gasteiger partial charge in [-0.3, -0.25) is 4.79 Å². The molecule has 32 heavy (non-hydrogen) atoms. The Morgan fingerprint density at radius 2 is 1.88 bits per heavy atom. The van der Waals surface area contributed by atoms with E-state index in [4.69, 9.17) is 14.2 Å². The van der Waals surface area contributed by atoms with Crippen LogP contribution in [0.5, 0.6) is 11.5 Å². The molecule has 0 bridgehead atoms. The maximum atomic E-state index is 12.4. The van der Waals surface area contributed by atoms with Crippen LogP contribution in [-0.2, 0) is 23.2 Å². The number of rotatable bonds is 10. The van der Waals surface area contributed by atoms with Gasteiger partial charge in [0, 0.05) is 13.1 Å². The van der Waals surface area contributed by atoms with Crippen molar-refractivity contribution in [1.29, 1.82) is 0 Å². The first-order valence-corrected chi connectivity index (χ1v) is 10.8. The molecule has 3 rings (SSSR count). The minimum atomic E-state index is -0.481. The number of benzene rings is 2. The maximum Gasteiger partial charge on any atom is 0.340 e. The standard InChI is InChI=1S/C22H24N4O5S/c1-4-30-21(28)17-10-5-6-11-18(17)23-20(27)14-32-22-25-24-19(26(22)2)13-31-16-9-7-8-15(12-16)29-3/h5-12H,4,13-14H2,1-3H3,(H,23,27). The fraction of sp³-hybridized carbons (Fsp3) is 0.273. The zero-order valence-electron chi connectivity index (χ0n) is 18.0. The van der Waals surface area contributed by atoms with E-state index in [9.17, 15) is 9.59 Å². The number of anilines is 1. The molecule has 0 atom stereocenters. The van der Waals surface area contributed by atoms with Crippen molar-refractivity contribution in [2.24, 2.45) is 7.05 Å². The van der Waals surface area contributed by atoms with Gasteiger partial charge in [-0.2, -0.15) is 0 Å². The van der Waals surface area contributed by atoms with Crippen molar-refractivity contribution in [3.8, 4) is 11.5 Å². The predicted octanol–water partition coefficient (Wildman–Crippen LogP) is 3.31. The van der Waals surface area contributed by atoms with E-state index >= 15 is 0 Å². The van der Waals surface area contributed by atoms with Crippen molar-refractivity contribution in [3.63, 3.8) is 0 Å². The van der Waals surface area contributed by atoms with E-state index < -0.39 is 5.97 Å². The summed E-state index contributed by atoms with van der Waals surface area (Å²) in [4.78, 5) is 24.5. The molecule has 1 N–H and O–H groups in total. The Morgan fingerprint density at radius 1 is 1.09 bits per heavy atom. The van der Waals surface area contributed by atoms with E-state index in [0.717, 1.165) is 0 Å². The second-order valence-corrected chi connectivity index (χ2v) is 7.47. The van der Waals surface area contributed by atoms with Crippen LogP contribution < -0.4 is 14.8 Å². The molecule has 10 heteroatoms. The molecular formula is C22H24N4O5S. The number of carbonyl (C=O) groups is 2. The van der Waals surface area contributed by atoms with Crippen molar-refractivity contribution in [3.05, 3.63) is 59.9 Å². The zero-order chi connectivity index (χ0) is 22.9. The maximum absolute atomic E-state index is 12.4. The van der Waals surface area contributed by atoms with Crippen LogP contribution in [0.25, 0.3) is 0 Å². The second-order valence-electron chi connectivity index (χ2n) is 6.53. The van der Waals surface area contributed by atoms with E-state index in [1.54, 1.807) is 56.0 Å². The van der Waals surface area contributed by atoms with E-state index in [1.165, 1.54) is 11.8 Å². The Morgan fingerprint density at radius 3 is 2.66 bits per heavy atom. The second kappa shape index (κ2) is 11.2. The number of nitrogens with zero attached hydrogens (tertiary/aromatic N) is 3. The molecule has 168 valence electrons. The van der Waals surface area contributed by atoms with Gasteiger partial charge in [-0.25, -0.2) is 4.79 Å². The molecule has 0 aliphatic rings. The van der Waals surface area contributed by atoms with Crippen molar-refractivity contribution in [2.45, 2.75) is 18.7 Å². The number of hydrogen-bond acceptors (Lipinski definition) is 8. The molecule has 0 fully saturated rings. The largest absolute Gasteiger partial charge is 0.497 e. The smallest absolute Gasteiger partial charge is 0.340 e. The molecule has 0 aliphatic heterocycles. The number of hydrogen-bond donors (Lipinski definition) is 1. The molecule has 1 amide bonds. The first kappa shape index (κ1) is 23.1. The Balaban J connectivity index is 1.56. The van der Waals surface area contributed by atoms with E-state index in [2.05, 4.69) is 15.5 Å². The third kappa shape index (κ3) is 6.01. The van der Waals surface area contributed by atoms with Gasteiger partial charge in [-0.1, -0.05) is 30.0 Å². The number of nitrogens with one attached hydrogen (secondary N) is 1. The average Bonchev–Trinajstić information content (AvgIpc) is 3.16. The lowest BCUT2D eigenvalue weighted by atomic mass is 10.2. The highest BCUT2D eigenvalue weighted by Gasteiger charge is 2.16. The monoisotopic (exact) mass is 456 g/mol. The summed E-state index contributed by atoms with van der Waals surface area (Å²) in [5.74, 6) is 1.31. The minimum absolute atomic E-state index is 0.0971.